The van der Waals surface area contributed by atoms with E-state index in [-0.39, 0.29) is 16.4 Å². The first-order valence-corrected chi connectivity index (χ1v) is 5.42. The fourth-order valence-electron chi connectivity index (χ4n) is 1.22. The van der Waals surface area contributed by atoms with E-state index >= 15 is 0 Å². The zero-order valence-corrected chi connectivity index (χ0v) is 10.9. The Kier molecular flexibility index (Phi) is 3.81. The standard InChI is InChI=1S/C11H13ClN2O4/c1-11(2,3)18-10(17)5-4-14-8(12)7(13)6(5)9(15)16/h4H,13H2,1-3H3,(H,15,16). The van der Waals surface area contributed by atoms with E-state index < -0.39 is 23.1 Å². The Labute approximate surface area is 109 Å². The van der Waals surface area contributed by atoms with Crippen LogP contribution in [0.15, 0.2) is 6.20 Å². The number of nitrogens with two attached hydrogens (primary N) is 1. The molecule has 0 bridgehead atoms. The van der Waals surface area contributed by atoms with Crippen LogP contribution in [0.4, 0.5) is 5.69 Å². The lowest BCUT2D eigenvalue weighted by Gasteiger charge is -2.20. The lowest BCUT2D eigenvalue weighted by molar-refractivity contribution is 0.00655. The largest absolute Gasteiger partial charge is 0.478 e. The van der Waals surface area contributed by atoms with Crippen molar-refractivity contribution in [2.75, 3.05) is 5.73 Å². The Balaban J connectivity index is 3.29. The van der Waals surface area contributed by atoms with Gasteiger partial charge in [0, 0.05) is 6.20 Å². The van der Waals surface area contributed by atoms with Crippen molar-refractivity contribution in [2.24, 2.45) is 0 Å². The maximum Gasteiger partial charge on any atom is 0.341 e. The molecule has 7 heteroatoms. The molecular weight excluding hydrogens is 260 g/mol. The normalized spacial score (nSPS) is 11.1. The number of ether oxygens (including phenoxy) is 1. The maximum absolute atomic E-state index is 11.8. The molecule has 1 heterocycles. The Bertz CT molecular complexity index is 509. The topological polar surface area (TPSA) is 103 Å². The molecule has 1 rings (SSSR count). The predicted molar refractivity (Wildman–Crippen MR) is 65.8 cm³/mol. The number of esters is 1. The molecule has 0 saturated heterocycles. The van der Waals surface area contributed by atoms with Crippen LogP contribution in [0.1, 0.15) is 41.5 Å². The molecule has 18 heavy (non-hydrogen) atoms. The van der Waals surface area contributed by atoms with Crippen LogP contribution in [0.2, 0.25) is 5.15 Å². The van der Waals surface area contributed by atoms with Crippen molar-refractivity contribution in [1.29, 1.82) is 0 Å². The van der Waals surface area contributed by atoms with Gasteiger partial charge in [0.05, 0.1) is 11.3 Å². The number of pyridine rings is 1. The van der Waals surface area contributed by atoms with E-state index in [9.17, 15) is 9.59 Å². The van der Waals surface area contributed by atoms with Crippen LogP contribution in [-0.2, 0) is 4.74 Å². The molecule has 0 atom stereocenters. The third kappa shape index (κ3) is 3.10. The van der Waals surface area contributed by atoms with Gasteiger partial charge in [-0.2, -0.15) is 0 Å². The summed E-state index contributed by atoms with van der Waals surface area (Å²) in [6, 6.07) is 0. The SMILES string of the molecule is CC(C)(C)OC(=O)c1cnc(Cl)c(N)c1C(=O)O. The fourth-order valence-corrected chi connectivity index (χ4v) is 1.37. The van der Waals surface area contributed by atoms with E-state index in [1.165, 1.54) is 0 Å². The number of hydrogen-bond donors (Lipinski definition) is 2. The first-order valence-electron chi connectivity index (χ1n) is 5.04. The van der Waals surface area contributed by atoms with E-state index in [2.05, 4.69) is 4.98 Å². The van der Waals surface area contributed by atoms with Gasteiger partial charge in [-0.05, 0) is 20.8 Å². The number of nitrogen functional groups attached to an aromatic ring is 1. The highest BCUT2D eigenvalue weighted by atomic mass is 35.5. The first-order chi connectivity index (χ1) is 8.13. The van der Waals surface area contributed by atoms with Gasteiger partial charge in [0.1, 0.15) is 11.2 Å². The van der Waals surface area contributed by atoms with Crippen LogP contribution < -0.4 is 5.73 Å². The van der Waals surface area contributed by atoms with Crippen molar-refractivity contribution in [3.63, 3.8) is 0 Å². The van der Waals surface area contributed by atoms with Gasteiger partial charge in [-0.3, -0.25) is 0 Å². The van der Waals surface area contributed by atoms with Crippen LogP contribution in [0, 0.1) is 0 Å². The Morgan fingerprint density at radius 3 is 2.44 bits per heavy atom. The molecule has 98 valence electrons. The number of rotatable bonds is 2. The van der Waals surface area contributed by atoms with Crippen LogP contribution in [0.3, 0.4) is 0 Å². The monoisotopic (exact) mass is 272 g/mol. The molecular formula is C11H13ClN2O4. The molecule has 6 nitrogen and oxygen atoms in total. The van der Waals surface area contributed by atoms with E-state index in [0.717, 1.165) is 6.20 Å². The quantitative estimate of drug-likeness (QED) is 0.630. The number of carbonyl (C=O) groups is 2. The minimum atomic E-state index is -1.36. The Morgan fingerprint density at radius 1 is 1.44 bits per heavy atom. The van der Waals surface area contributed by atoms with E-state index in [0.29, 0.717) is 0 Å². The lowest BCUT2D eigenvalue weighted by atomic mass is 10.1. The molecule has 0 aliphatic heterocycles. The third-order valence-corrected chi connectivity index (χ3v) is 2.20. The van der Waals surface area contributed by atoms with Crippen LogP contribution in [-0.4, -0.2) is 27.6 Å². The van der Waals surface area contributed by atoms with Crippen LogP contribution in [0.5, 0.6) is 0 Å². The molecule has 0 amide bonds. The summed E-state index contributed by atoms with van der Waals surface area (Å²) >= 11 is 5.62. The van der Waals surface area contributed by atoms with Crippen molar-refractivity contribution >= 4 is 29.2 Å². The molecule has 0 saturated carbocycles. The number of halogens is 1. The van der Waals surface area contributed by atoms with Gasteiger partial charge in [-0.1, -0.05) is 11.6 Å². The Hall–Kier alpha value is -1.82. The lowest BCUT2D eigenvalue weighted by Crippen LogP contribution is -2.25. The molecule has 0 unspecified atom stereocenters. The molecule has 1 aromatic rings. The second-order valence-corrected chi connectivity index (χ2v) is 4.92. The highest BCUT2D eigenvalue weighted by Crippen LogP contribution is 2.25. The molecule has 0 radical (unpaired) electrons. The van der Waals surface area contributed by atoms with Gasteiger partial charge < -0.3 is 15.6 Å². The second-order valence-electron chi connectivity index (χ2n) is 4.56. The summed E-state index contributed by atoms with van der Waals surface area (Å²) in [6.45, 7) is 4.99. The summed E-state index contributed by atoms with van der Waals surface area (Å²) in [7, 11) is 0. The average Bonchev–Trinajstić information content (AvgIpc) is 2.18. The van der Waals surface area contributed by atoms with Crippen molar-refractivity contribution in [2.45, 2.75) is 26.4 Å². The average molecular weight is 273 g/mol. The minimum Gasteiger partial charge on any atom is -0.478 e. The highest BCUT2D eigenvalue weighted by Gasteiger charge is 2.26. The first kappa shape index (κ1) is 14.2. The van der Waals surface area contributed by atoms with E-state index in [1.807, 2.05) is 0 Å². The molecule has 0 aromatic carbocycles. The molecule has 0 spiro atoms. The molecule has 0 aliphatic carbocycles. The smallest absolute Gasteiger partial charge is 0.341 e. The minimum absolute atomic E-state index is 0.167. The second kappa shape index (κ2) is 4.81. The summed E-state index contributed by atoms with van der Waals surface area (Å²) in [5.41, 5.74) is 3.88. The molecule has 0 fully saturated rings. The molecule has 1 aromatic heterocycles. The number of aromatic nitrogens is 1. The summed E-state index contributed by atoms with van der Waals surface area (Å²) in [5.74, 6) is -2.17. The van der Waals surface area contributed by atoms with E-state index in [1.54, 1.807) is 20.8 Å². The summed E-state index contributed by atoms with van der Waals surface area (Å²) < 4.78 is 5.07. The molecule has 0 aliphatic rings. The third-order valence-electron chi connectivity index (χ3n) is 1.90. The summed E-state index contributed by atoms with van der Waals surface area (Å²) in [4.78, 5) is 26.6. The predicted octanol–water partition coefficient (Wildman–Crippen LogP) is 1.97. The van der Waals surface area contributed by atoms with Gasteiger partial charge in [-0.15, -0.1) is 0 Å². The number of carbonyl (C=O) groups excluding carboxylic acids is 1. The van der Waals surface area contributed by atoms with Gasteiger partial charge in [-0.25, -0.2) is 14.6 Å². The summed E-state index contributed by atoms with van der Waals surface area (Å²) in [5, 5.41) is 8.88. The number of hydrogen-bond acceptors (Lipinski definition) is 5. The summed E-state index contributed by atoms with van der Waals surface area (Å²) in [6.07, 6.45) is 1.04. The number of carboxylic acids is 1. The zero-order chi connectivity index (χ0) is 14.1. The van der Waals surface area contributed by atoms with E-state index in [4.69, 9.17) is 27.2 Å². The number of anilines is 1. The Morgan fingerprint density at radius 2 is 2.00 bits per heavy atom. The van der Waals surface area contributed by atoms with Gasteiger partial charge in [0.25, 0.3) is 0 Å². The van der Waals surface area contributed by atoms with Crippen molar-refractivity contribution < 1.29 is 19.4 Å². The number of carboxylic acid groups (broad SMARTS) is 1. The zero-order valence-electron chi connectivity index (χ0n) is 10.2. The molecule has 3 N–H and O–H groups in total. The number of nitrogens with zero attached hydrogens (tertiary/aromatic N) is 1. The highest BCUT2D eigenvalue weighted by molar-refractivity contribution is 6.33. The van der Waals surface area contributed by atoms with Crippen molar-refractivity contribution in [3.8, 4) is 0 Å². The van der Waals surface area contributed by atoms with Gasteiger partial charge in [0.2, 0.25) is 0 Å². The van der Waals surface area contributed by atoms with Gasteiger partial charge >= 0.3 is 11.9 Å². The maximum atomic E-state index is 11.8. The van der Waals surface area contributed by atoms with Crippen molar-refractivity contribution in [1.82, 2.24) is 4.98 Å². The van der Waals surface area contributed by atoms with Crippen molar-refractivity contribution in [3.05, 3.63) is 22.5 Å². The van der Waals surface area contributed by atoms with Crippen LogP contribution >= 0.6 is 11.6 Å². The van der Waals surface area contributed by atoms with Crippen LogP contribution in [0.25, 0.3) is 0 Å². The number of aromatic carboxylic acids is 1. The fraction of sp³-hybridized carbons (Fsp3) is 0.364. The van der Waals surface area contributed by atoms with Gasteiger partial charge in [0.15, 0.2) is 5.15 Å².